The number of benzene rings is 2. The molecule has 9 heteroatoms. The summed E-state index contributed by atoms with van der Waals surface area (Å²) in [6.45, 7) is 3.52. The molecule has 154 valence electrons. The molecule has 0 heterocycles. The molecule has 0 aliphatic rings. The minimum atomic E-state index is -0.657. The van der Waals surface area contributed by atoms with Crippen LogP contribution >= 0.6 is 11.6 Å². The normalized spacial score (nSPS) is 10.4. The van der Waals surface area contributed by atoms with E-state index >= 15 is 0 Å². The molecule has 4 N–H and O–H groups in total. The van der Waals surface area contributed by atoms with Crippen LogP contribution in [-0.2, 0) is 4.79 Å². The van der Waals surface area contributed by atoms with E-state index < -0.39 is 11.8 Å². The number of carbonyl (C=O) groups is 3. The maximum absolute atomic E-state index is 12.5. The molecule has 0 bridgehead atoms. The predicted octanol–water partition coefficient (Wildman–Crippen LogP) is 2.60. The van der Waals surface area contributed by atoms with Gasteiger partial charge in [-0.05, 0) is 50.2 Å². The molecule has 0 atom stereocenters. The SMILES string of the molecule is COc1cc(C(=O)Nc2ccc(C(N)=O)c(Cl)c2)ccc1OCC(=O)NC(C)C. The second kappa shape index (κ2) is 9.79. The summed E-state index contributed by atoms with van der Waals surface area (Å²) in [7, 11) is 1.43. The van der Waals surface area contributed by atoms with Crippen molar-refractivity contribution in [3.05, 3.63) is 52.5 Å². The van der Waals surface area contributed by atoms with Crippen molar-refractivity contribution in [2.45, 2.75) is 19.9 Å². The van der Waals surface area contributed by atoms with E-state index in [0.29, 0.717) is 22.7 Å². The van der Waals surface area contributed by atoms with Crippen LogP contribution in [0.15, 0.2) is 36.4 Å². The molecule has 2 aromatic carbocycles. The molecule has 0 fully saturated rings. The van der Waals surface area contributed by atoms with E-state index in [-0.39, 0.29) is 29.1 Å². The molecule has 0 unspecified atom stereocenters. The fourth-order valence-electron chi connectivity index (χ4n) is 2.43. The van der Waals surface area contributed by atoms with Crippen molar-refractivity contribution in [1.29, 1.82) is 0 Å². The minimum Gasteiger partial charge on any atom is -0.493 e. The van der Waals surface area contributed by atoms with Gasteiger partial charge in [0.2, 0.25) is 5.91 Å². The topological polar surface area (TPSA) is 120 Å². The first kappa shape index (κ1) is 22.0. The molecular weight excluding hydrogens is 398 g/mol. The second-order valence-electron chi connectivity index (χ2n) is 6.39. The van der Waals surface area contributed by atoms with Crippen LogP contribution in [0.5, 0.6) is 11.5 Å². The number of rotatable bonds is 8. The Kier molecular flexibility index (Phi) is 7.44. The first-order valence-corrected chi connectivity index (χ1v) is 9.10. The van der Waals surface area contributed by atoms with E-state index in [1.165, 1.54) is 37.4 Å². The minimum absolute atomic E-state index is 0.00427. The molecule has 0 saturated heterocycles. The van der Waals surface area contributed by atoms with Gasteiger partial charge in [0.05, 0.1) is 17.7 Å². The maximum Gasteiger partial charge on any atom is 0.258 e. The summed E-state index contributed by atoms with van der Waals surface area (Å²) in [6.07, 6.45) is 0. The molecule has 0 saturated carbocycles. The van der Waals surface area contributed by atoms with Crippen LogP contribution in [0.2, 0.25) is 5.02 Å². The molecule has 2 aromatic rings. The fraction of sp³-hybridized carbons (Fsp3) is 0.250. The highest BCUT2D eigenvalue weighted by atomic mass is 35.5. The van der Waals surface area contributed by atoms with Crippen LogP contribution in [0.1, 0.15) is 34.6 Å². The van der Waals surface area contributed by atoms with Gasteiger partial charge in [-0.3, -0.25) is 14.4 Å². The van der Waals surface area contributed by atoms with Crippen molar-refractivity contribution in [3.8, 4) is 11.5 Å². The van der Waals surface area contributed by atoms with Crippen LogP contribution in [0, 0.1) is 0 Å². The maximum atomic E-state index is 12.5. The van der Waals surface area contributed by atoms with Crippen molar-refractivity contribution in [3.63, 3.8) is 0 Å². The van der Waals surface area contributed by atoms with E-state index in [4.69, 9.17) is 26.8 Å². The smallest absolute Gasteiger partial charge is 0.258 e. The number of anilines is 1. The Labute approximate surface area is 173 Å². The van der Waals surface area contributed by atoms with Crippen molar-refractivity contribution in [2.24, 2.45) is 5.73 Å². The van der Waals surface area contributed by atoms with Crippen molar-refractivity contribution < 1.29 is 23.9 Å². The number of methoxy groups -OCH3 is 1. The van der Waals surface area contributed by atoms with Gasteiger partial charge >= 0.3 is 0 Å². The average Bonchev–Trinajstić information content (AvgIpc) is 2.65. The zero-order valence-electron chi connectivity index (χ0n) is 16.2. The Hall–Kier alpha value is -3.26. The van der Waals surface area contributed by atoms with E-state index in [0.717, 1.165) is 0 Å². The zero-order valence-corrected chi connectivity index (χ0v) is 17.0. The zero-order chi connectivity index (χ0) is 21.6. The highest BCUT2D eigenvalue weighted by Crippen LogP contribution is 2.29. The first-order chi connectivity index (χ1) is 13.7. The number of nitrogens with two attached hydrogens (primary N) is 1. The van der Waals surface area contributed by atoms with E-state index in [1.54, 1.807) is 6.07 Å². The van der Waals surface area contributed by atoms with E-state index in [1.807, 2.05) is 13.8 Å². The molecule has 0 aliphatic carbocycles. The molecule has 29 heavy (non-hydrogen) atoms. The Morgan fingerprint density at radius 1 is 1.10 bits per heavy atom. The Bertz CT molecular complexity index is 930. The van der Waals surface area contributed by atoms with Gasteiger partial charge in [-0.1, -0.05) is 11.6 Å². The molecule has 0 aromatic heterocycles. The quantitative estimate of drug-likeness (QED) is 0.607. The highest BCUT2D eigenvalue weighted by molar-refractivity contribution is 6.34. The molecule has 0 radical (unpaired) electrons. The first-order valence-electron chi connectivity index (χ1n) is 8.72. The van der Waals surface area contributed by atoms with Gasteiger partial charge in [0, 0.05) is 17.3 Å². The van der Waals surface area contributed by atoms with Gasteiger partial charge in [0.1, 0.15) is 0 Å². The molecular formula is C20H22ClN3O5. The van der Waals surface area contributed by atoms with Gasteiger partial charge in [-0.2, -0.15) is 0 Å². The van der Waals surface area contributed by atoms with Crippen LogP contribution in [-0.4, -0.2) is 37.5 Å². The lowest BCUT2D eigenvalue weighted by atomic mass is 10.1. The third-order valence-corrected chi connectivity index (χ3v) is 4.04. The number of amides is 3. The summed E-state index contributed by atoms with van der Waals surface area (Å²) >= 11 is 5.99. The lowest BCUT2D eigenvalue weighted by Crippen LogP contribution is -2.34. The summed E-state index contributed by atoms with van der Waals surface area (Å²) in [5.41, 5.74) is 6.07. The largest absolute Gasteiger partial charge is 0.493 e. The Morgan fingerprint density at radius 3 is 2.41 bits per heavy atom. The lowest BCUT2D eigenvalue weighted by molar-refractivity contribution is -0.123. The van der Waals surface area contributed by atoms with Gasteiger partial charge in [-0.25, -0.2) is 0 Å². The van der Waals surface area contributed by atoms with Crippen molar-refractivity contribution >= 4 is 35.0 Å². The molecule has 3 amide bonds. The number of hydrogen-bond acceptors (Lipinski definition) is 5. The van der Waals surface area contributed by atoms with Crippen molar-refractivity contribution in [2.75, 3.05) is 19.0 Å². The van der Waals surface area contributed by atoms with Crippen LogP contribution in [0.3, 0.4) is 0 Å². The number of ether oxygens (including phenoxy) is 2. The van der Waals surface area contributed by atoms with Crippen LogP contribution in [0.25, 0.3) is 0 Å². The summed E-state index contributed by atoms with van der Waals surface area (Å²) in [5.74, 6) is -0.709. The van der Waals surface area contributed by atoms with E-state index in [9.17, 15) is 14.4 Å². The third-order valence-electron chi connectivity index (χ3n) is 3.73. The number of hydrogen-bond donors (Lipinski definition) is 3. The van der Waals surface area contributed by atoms with Gasteiger partial charge in [0.15, 0.2) is 18.1 Å². The number of nitrogens with one attached hydrogen (secondary N) is 2. The summed E-state index contributed by atoms with van der Waals surface area (Å²) < 4.78 is 10.7. The highest BCUT2D eigenvalue weighted by Gasteiger charge is 2.14. The Morgan fingerprint density at radius 2 is 1.83 bits per heavy atom. The molecule has 0 aliphatic heterocycles. The average molecular weight is 420 g/mol. The second-order valence-corrected chi connectivity index (χ2v) is 6.80. The van der Waals surface area contributed by atoms with Gasteiger partial charge in [-0.15, -0.1) is 0 Å². The summed E-state index contributed by atoms with van der Waals surface area (Å²) in [4.78, 5) is 35.4. The number of carbonyl (C=O) groups excluding carboxylic acids is 3. The third kappa shape index (κ3) is 6.11. The molecule has 8 nitrogen and oxygen atoms in total. The standard InChI is InChI=1S/C20H22ClN3O5/c1-11(2)23-18(25)10-29-16-7-4-12(8-17(16)28-3)20(27)24-13-5-6-14(19(22)26)15(21)9-13/h4-9,11H,10H2,1-3H3,(H2,22,26)(H,23,25)(H,24,27). The van der Waals surface area contributed by atoms with Gasteiger partial charge < -0.3 is 25.8 Å². The Balaban J connectivity index is 2.10. The predicted molar refractivity (Wildman–Crippen MR) is 110 cm³/mol. The summed E-state index contributed by atoms with van der Waals surface area (Å²) in [6, 6.07) is 8.95. The van der Waals surface area contributed by atoms with Crippen molar-refractivity contribution in [1.82, 2.24) is 5.32 Å². The number of primary amides is 1. The molecule has 0 spiro atoms. The lowest BCUT2D eigenvalue weighted by Gasteiger charge is -2.13. The van der Waals surface area contributed by atoms with Crippen LogP contribution < -0.4 is 25.8 Å². The number of halogens is 1. The fourth-order valence-corrected chi connectivity index (χ4v) is 2.70. The van der Waals surface area contributed by atoms with Crippen LogP contribution in [0.4, 0.5) is 5.69 Å². The van der Waals surface area contributed by atoms with E-state index in [2.05, 4.69) is 10.6 Å². The monoisotopic (exact) mass is 419 g/mol. The summed E-state index contributed by atoms with van der Waals surface area (Å²) in [5, 5.41) is 5.52. The molecule has 2 rings (SSSR count). The van der Waals surface area contributed by atoms with Gasteiger partial charge in [0.25, 0.3) is 11.8 Å².